The third kappa shape index (κ3) is 6.23. The van der Waals surface area contributed by atoms with Crippen molar-refractivity contribution < 1.29 is 19.4 Å². The standard InChI is InChI=1S/C27H35ClN2O4/c1-6-7-8-12-33-21-10-9-20(23(28)15-21)17-30-19(3)29-25-18(2)14-22(16-24(25)30)34-13-11-27(4,5)26(31)32/h9-10,14-16H,6-8,11-13,17H2,1-5H3,(H,31,32). The number of benzene rings is 2. The van der Waals surface area contributed by atoms with Gasteiger partial charge in [-0.25, -0.2) is 4.98 Å². The van der Waals surface area contributed by atoms with Crippen LogP contribution >= 0.6 is 11.6 Å². The van der Waals surface area contributed by atoms with Crippen LogP contribution in [0.1, 0.15) is 63.4 Å². The summed E-state index contributed by atoms with van der Waals surface area (Å²) < 4.78 is 13.9. The van der Waals surface area contributed by atoms with Gasteiger partial charge < -0.3 is 19.1 Å². The van der Waals surface area contributed by atoms with E-state index < -0.39 is 11.4 Å². The van der Waals surface area contributed by atoms with Gasteiger partial charge in [-0.3, -0.25) is 4.79 Å². The molecule has 1 heterocycles. The lowest BCUT2D eigenvalue weighted by molar-refractivity contribution is -0.147. The van der Waals surface area contributed by atoms with Crippen molar-refractivity contribution >= 4 is 28.6 Å². The molecule has 0 amide bonds. The highest BCUT2D eigenvalue weighted by atomic mass is 35.5. The first-order chi connectivity index (χ1) is 16.1. The Kier molecular flexibility index (Phi) is 8.47. The molecule has 0 atom stereocenters. The molecule has 0 aliphatic rings. The van der Waals surface area contributed by atoms with Crippen molar-refractivity contribution in [1.82, 2.24) is 9.55 Å². The molecule has 34 heavy (non-hydrogen) atoms. The molecular formula is C27H35ClN2O4. The second kappa shape index (κ2) is 11.1. The Morgan fingerprint density at radius 1 is 1.09 bits per heavy atom. The van der Waals surface area contributed by atoms with E-state index in [4.69, 9.17) is 26.1 Å². The maximum absolute atomic E-state index is 11.4. The van der Waals surface area contributed by atoms with Crippen molar-refractivity contribution in [3.8, 4) is 11.5 Å². The lowest BCUT2D eigenvalue weighted by atomic mass is 9.90. The van der Waals surface area contributed by atoms with Gasteiger partial charge in [0.2, 0.25) is 0 Å². The number of rotatable bonds is 12. The summed E-state index contributed by atoms with van der Waals surface area (Å²) in [6.45, 7) is 11.2. The van der Waals surface area contributed by atoms with Crippen LogP contribution in [-0.2, 0) is 11.3 Å². The summed E-state index contributed by atoms with van der Waals surface area (Å²) in [4.78, 5) is 16.1. The molecule has 0 saturated carbocycles. The van der Waals surface area contributed by atoms with E-state index in [1.54, 1.807) is 13.8 Å². The van der Waals surface area contributed by atoms with Gasteiger partial charge in [0.25, 0.3) is 0 Å². The number of aromatic nitrogens is 2. The number of hydrogen-bond donors (Lipinski definition) is 1. The van der Waals surface area contributed by atoms with Crippen LogP contribution in [0.15, 0.2) is 30.3 Å². The molecule has 0 aliphatic carbocycles. The average molecular weight is 487 g/mol. The third-order valence-electron chi connectivity index (χ3n) is 6.15. The molecule has 7 heteroatoms. The summed E-state index contributed by atoms with van der Waals surface area (Å²) in [6.07, 6.45) is 3.77. The highest BCUT2D eigenvalue weighted by Crippen LogP contribution is 2.30. The highest BCUT2D eigenvalue weighted by molar-refractivity contribution is 6.31. The van der Waals surface area contributed by atoms with E-state index in [9.17, 15) is 9.90 Å². The fourth-order valence-corrected chi connectivity index (χ4v) is 3.98. The van der Waals surface area contributed by atoms with Crippen molar-refractivity contribution in [2.75, 3.05) is 13.2 Å². The number of aliphatic carboxylic acids is 1. The van der Waals surface area contributed by atoms with E-state index in [1.807, 2.05) is 44.2 Å². The van der Waals surface area contributed by atoms with Crippen LogP contribution in [0.25, 0.3) is 11.0 Å². The second-order valence-corrected chi connectivity index (χ2v) is 9.86. The zero-order valence-corrected chi connectivity index (χ0v) is 21.5. The summed E-state index contributed by atoms with van der Waals surface area (Å²) in [7, 11) is 0. The molecule has 0 fully saturated rings. The van der Waals surface area contributed by atoms with Crippen molar-refractivity contribution in [2.45, 2.75) is 66.8 Å². The van der Waals surface area contributed by atoms with Crippen molar-refractivity contribution in [3.63, 3.8) is 0 Å². The lowest BCUT2D eigenvalue weighted by Crippen LogP contribution is -2.25. The molecule has 0 spiro atoms. The first-order valence-corrected chi connectivity index (χ1v) is 12.2. The number of hydrogen-bond acceptors (Lipinski definition) is 4. The molecule has 1 aromatic heterocycles. The van der Waals surface area contributed by atoms with Crippen molar-refractivity contribution in [2.24, 2.45) is 5.41 Å². The monoisotopic (exact) mass is 486 g/mol. The van der Waals surface area contributed by atoms with Crippen molar-refractivity contribution in [3.05, 3.63) is 52.3 Å². The Morgan fingerprint density at radius 2 is 1.82 bits per heavy atom. The van der Waals surface area contributed by atoms with Gasteiger partial charge in [0.05, 0.1) is 36.2 Å². The zero-order chi connectivity index (χ0) is 24.9. The first-order valence-electron chi connectivity index (χ1n) is 11.9. The van der Waals surface area contributed by atoms with Crippen LogP contribution in [0, 0.1) is 19.3 Å². The van der Waals surface area contributed by atoms with E-state index in [2.05, 4.69) is 11.5 Å². The molecule has 0 bridgehead atoms. The topological polar surface area (TPSA) is 73.6 Å². The number of aryl methyl sites for hydroxylation is 2. The Hall–Kier alpha value is -2.73. The SMILES string of the molecule is CCCCCOc1ccc(Cn2c(C)nc3c(C)cc(OCCC(C)(C)C(=O)O)cc32)c(Cl)c1. The summed E-state index contributed by atoms with van der Waals surface area (Å²) in [5, 5.41) is 9.98. The zero-order valence-electron chi connectivity index (χ0n) is 20.8. The number of unbranched alkanes of at least 4 members (excludes halogenated alkanes) is 2. The number of fused-ring (bicyclic) bond motifs is 1. The van der Waals surface area contributed by atoms with Crippen LogP contribution in [0.2, 0.25) is 5.02 Å². The quantitative estimate of drug-likeness (QED) is 0.285. The molecule has 0 saturated heterocycles. The molecular weight excluding hydrogens is 452 g/mol. The Morgan fingerprint density at radius 3 is 2.50 bits per heavy atom. The van der Waals surface area contributed by atoms with Gasteiger partial charge in [0.15, 0.2) is 0 Å². The van der Waals surface area contributed by atoms with E-state index in [-0.39, 0.29) is 0 Å². The summed E-state index contributed by atoms with van der Waals surface area (Å²) >= 11 is 6.60. The van der Waals surface area contributed by atoms with Crippen LogP contribution in [0.5, 0.6) is 11.5 Å². The summed E-state index contributed by atoms with van der Waals surface area (Å²) in [6, 6.07) is 9.76. The van der Waals surface area contributed by atoms with Gasteiger partial charge in [-0.2, -0.15) is 0 Å². The maximum Gasteiger partial charge on any atom is 0.309 e. The van der Waals surface area contributed by atoms with Gasteiger partial charge >= 0.3 is 5.97 Å². The van der Waals surface area contributed by atoms with Crippen LogP contribution in [-0.4, -0.2) is 33.8 Å². The number of carboxylic acids is 1. The fourth-order valence-electron chi connectivity index (χ4n) is 3.75. The number of imidazole rings is 1. The van der Waals surface area contributed by atoms with Gasteiger partial charge in [0.1, 0.15) is 17.3 Å². The Labute approximate surface area is 206 Å². The minimum atomic E-state index is -0.833. The van der Waals surface area contributed by atoms with Gasteiger partial charge in [-0.05, 0) is 69.9 Å². The largest absolute Gasteiger partial charge is 0.494 e. The van der Waals surface area contributed by atoms with Gasteiger partial charge in [-0.1, -0.05) is 37.4 Å². The first kappa shape index (κ1) is 25.9. The molecule has 0 radical (unpaired) electrons. The van der Waals surface area contributed by atoms with E-state index in [0.717, 1.165) is 53.0 Å². The summed E-state index contributed by atoms with van der Waals surface area (Å²) in [5.74, 6) is 1.55. The normalized spacial score (nSPS) is 11.7. The molecule has 0 aliphatic heterocycles. The van der Waals surface area contributed by atoms with E-state index >= 15 is 0 Å². The molecule has 3 aromatic rings. The smallest absolute Gasteiger partial charge is 0.309 e. The third-order valence-corrected chi connectivity index (χ3v) is 6.51. The minimum Gasteiger partial charge on any atom is -0.494 e. The molecule has 6 nitrogen and oxygen atoms in total. The fraction of sp³-hybridized carbons (Fsp3) is 0.481. The minimum absolute atomic E-state index is 0.322. The van der Waals surface area contributed by atoms with E-state index in [1.165, 1.54) is 0 Å². The number of nitrogens with zero attached hydrogens (tertiary/aromatic N) is 2. The molecule has 0 unspecified atom stereocenters. The number of carbonyl (C=O) groups is 1. The van der Waals surface area contributed by atoms with Gasteiger partial charge in [-0.15, -0.1) is 0 Å². The van der Waals surface area contributed by atoms with Crippen LogP contribution < -0.4 is 9.47 Å². The molecule has 184 valence electrons. The van der Waals surface area contributed by atoms with Gasteiger partial charge in [0, 0.05) is 11.1 Å². The average Bonchev–Trinajstić information content (AvgIpc) is 3.08. The summed E-state index contributed by atoms with van der Waals surface area (Å²) in [5.41, 5.74) is 3.04. The molecule has 3 rings (SSSR count). The Balaban J connectivity index is 1.78. The van der Waals surface area contributed by atoms with E-state index in [0.29, 0.717) is 37.0 Å². The lowest BCUT2D eigenvalue weighted by Gasteiger charge is -2.19. The van der Waals surface area contributed by atoms with Crippen LogP contribution in [0.3, 0.4) is 0 Å². The number of ether oxygens (including phenoxy) is 2. The molecule has 2 aromatic carbocycles. The second-order valence-electron chi connectivity index (χ2n) is 9.45. The number of halogens is 1. The van der Waals surface area contributed by atoms with Crippen molar-refractivity contribution in [1.29, 1.82) is 0 Å². The molecule has 1 N–H and O–H groups in total. The predicted molar refractivity (Wildman–Crippen MR) is 136 cm³/mol. The predicted octanol–water partition coefficient (Wildman–Crippen LogP) is 6.80. The highest BCUT2D eigenvalue weighted by Gasteiger charge is 2.26. The maximum atomic E-state index is 11.4. The Bertz CT molecular complexity index is 1150. The number of carboxylic acid groups (broad SMARTS) is 1. The van der Waals surface area contributed by atoms with Crippen LogP contribution in [0.4, 0.5) is 0 Å².